The molecule has 4 rings (SSSR count). The van der Waals surface area contributed by atoms with Gasteiger partial charge in [-0.3, -0.25) is 5.10 Å². The number of H-pyrrole nitrogens is 1. The molecule has 0 spiro atoms. The number of nitrogens with one attached hydrogen (secondary N) is 1. The van der Waals surface area contributed by atoms with Gasteiger partial charge >= 0.3 is 0 Å². The first-order chi connectivity index (χ1) is 13.7. The highest BCUT2D eigenvalue weighted by molar-refractivity contribution is 7.98. The zero-order chi connectivity index (χ0) is 19.3. The molecule has 0 radical (unpaired) electrons. The van der Waals surface area contributed by atoms with Crippen LogP contribution in [0.15, 0.2) is 50.5 Å². The molecule has 0 aliphatic heterocycles. The molecule has 28 heavy (non-hydrogen) atoms. The third-order valence-electron chi connectivity index (χ3n) is 3.77. The van der Waals surface area contributed by atoms with Gasteiger partial charge in [0.25, 0.3) is 0 Å². The lowest BCUT2D eigenvalue weighted by Gasteiger charge is -1.99. The maximum atomic E-state index is 5.48. The van der Waals surface area contributed by atoms with Crippen LogP contribution in [0.2, 0.25) is 0 Å². The highest BCUT2D eigenvalue weighted by Crippen LogP contribution is 2.24. The molecule has 4 aromatic rings. The summed E-state index contributed by atoms with van der Waals surface area (Å²) in [5.74, 6) is 4.48. The van der Waals surface area contributed by atoms with Crippen molar-refractivity contribution in [1.82, 2.24) is 25.3 Å². The van der Waals surface area contributed by atoms with Crippen LogP contribution >= 0.6 is 11.8 Å². The lowest BCUT2D eigenvalue weighted by Crippen LogP contribution is -1.86. The Kier molecular flexibility index (Phi) is 5.24. The van der Waals surface area contributed by atoms with Gasteiger partial charge < -0.3 is 13.7 Å². The van der Waals surface area contributed by atoms with Crippen molar-refractivity contribution in [3.63, 3.8) is 0 Å². The summed E-state index contributed by atoms with van der Waals surface area (Å²) in [4.78, 5) is 8.81. The summed E-state index contributed by atoms with van der Waals surface area (Å²) in [5, 5.41) is 11.7. The fourth-order valence-electron chi connectivity index (χ4n) is 2.42. The maximum Gasteiger partial charge on any atom is 0.237 e. The van der Waals surface area contributed by atoms with Gasteiger partial charge in [-0.15, -0.1) is 5.10 Å². The Morgan fingerprint density at radius 2 is 2.11 bits per heavy atom. The molecule has 0 saturated heterocycles. The van der Waals surface area contributed by atoms with Gasteiger partial charge in [0.15, 0.2) is 0 Å². The van der Waals surface area contributed by atoms with Crippen LogP contribution in [0.25, 0.3) is 23.5 Å². The first kappa shape index (κ1) is 18.1. The van der Waals surface area contributed by atoms with E-state index in [1.165, 1.54) is 11.8 Å². The Bertz CT molecular complexity index is 1100. The van der Waals surface area contributed by atoms with Gasteiger partial charge in [-0.25, -0.2) is 4.98 Å². The minimum Gasteiger partial charge on any atom is -0.497 e. The van der Waals surface area contributed by atoms with Crippen molar-refractivity contribution in [3.8, 4) is 17.1 Å². The summed E-state index contributed by atoms with van der Waals surface area (Å²) >= 11 is 1.40. The van der Waals surface area contributed by atoms with E-state index in [1.54, 1.807) is 7.11 Å². The van der Waals surface area contributed by atoms with E-state index in [1.807, 2.05) is 55.5 Å². The predicted molar refractivity (Wildman–Crippen MR) is 105 cm³/mol. The number of hydrogen-bond donors (Lipinski definition) is 1. The number of aryl methyl sites for hydroxylation is 1. The molecule has 0 aliphatic carbocycles. The van der Waals surface area contributed by atoms with Gasteiger partial charge in [0, 0.05) is 5.56 Å². The van der Waals surface area contributed by atoms with Gasteiger partial charge in [-0.2, -0.15) is 4.98 Å². The summed E-state index contributed by atoms with van der Waals surface area (Å²) in [6.07, 6.45) is 3.64. The second-order valence-corrected chi connectivity index (χ2v) is 6.76. The summed E-state index contributed by atoms with van der Waals surface area (Å²) < 4.78 is 16.0. The molecule has 0 atom stereocenters. The zero-order valence-corrected chi connectivity index (χ0v) is 16.1. The normalized spacial score (nSPS) is 11.4. The molecule has 0 fully saturated rings. The molecule has 0 amide bonds. The molecule has 8 nitrogen and oxygen atoms in total. The second kappa shape index (κ2) is 8.13. The van der Waals surface area contributed by atoms with Crippen molar-refractivity contribution in [2.45, 2.75) is 17.8 Å². The zero-order valence-electron chi connectivity index (χ0n) is 15.2. The van der Waals surface area contributed by atoms with Gasteiger partial charge in [0.1, 0.15) is 23.1 Å². The number of methoxy groups -OCH3 is 1. The van der Waals surface area contributed by atoms with Crippen LogP contribution in [0, 0.1) is 6.92 Å². The van der Waals surface area contributed by atoms with Crippen LogP contribution in [0.1, 0.15) is 23.2 Å². The van der Waals surface area contributed by atoms with Crippen LogP contribution in [0.4, 0.5) is 0 Å². The predicted octanol–water partition coefficient (Wildman–Crippen LogP) is 4.23. The number of ether oxygens (including phenoxy) is 1. The van der Waals surface area contributed by atoms with E-state index in [9.17, 15) is 0 Å². The highest BCUT2D eigenvalue weighted by atomic mass is 32.2. The van der Waals surface area contributed by atoms with Crippen molar-refractivity contribution in [2.75, 3.05) is 7.11 Å². The molecule has 0 unspecified atom stereocenters. The minimum absolute atomic E-state index is 0.468. The van der Waals surface area contributed by atoms with E-state index < -0.39 is 0 Å². The van der Waals surface area contributed by atoms with Gasteiger partial charge in [-0.1, -0.05) is 29.1 Å². The van der Waals surface area contributed by atoms with Crippen molar-refractivity contribution in [2.24, 2.45) is 0 Å². The van der Waals surface area contributed by atoms with Crippen molar-refractivity contribution >= 4 is 23.9 Å². The molecule has 3 heterocycles. The Morgan fingerprint density at radius 3 is 2.93 bits per heavy atom. The molecular weight excluding hydrogens is 378 g/mol. The van der Waals surface area contributed by atoms with Crippen LogP contribution in [-0.4, -0.2) is 32.4 Å². The number of nitrogens with zero attached hydrogens (tertiary/aromatic N) is 4. The lowest BCUT2D eigenvalue weighted by atomic mass is 10.2. The van der Waals surface area contributed by atoms with E-state index in [-0.39, 0.29) is 0 Å². The summed E-state index contributed by atoms with van der Waals surface area (Å²) in [6, 6.07) is 11.3. The monoisotopic (exact) mass is 395 g/mol. The Hall–Kier alpha value is -3.33. The SMILES string of the molecule is COc1cccc(-c2noc(CSc3n[nH]c(/C=C/c4ccc(C)o4)n3)n2)c1. The second-order valence-electron chi connectivity index (χ2n) is 5.82. The molecule has 0 saturated carbocycles. The molecule has 1 N–H and O–H groups in total. The molecule has 0 bridgehead atoms. The van der Waals surface area contributed by atoms with E-state index in [2.05, 4.69) is 25.3 Å². The Balaban J connectivity index is 1.37. The van der Waals surface area contributed by atoms with Crippen LogP contribution in [0.5, 0.6) is 5.75 Å². The van der Waals surface area contributed by atoms with E-state index in [0.29, 0.717) is 28.4 Å². The van der Waals surface area contributed by atoms with E-state index in [0.717, 1.165) is 22.8 Å². The smallest absolute Gasteiger partial charge is 0.237 e. The van der Waals surface area contributed by atoms with Crippen LogP contribution in [0.3, 0.4) is 0 Å². The minimum atomic E-state index is 0.468. The highest BCUT2D eigenvalue weighted by Gasteiger charge is 2.11. The third kappa shape index (κ3) is 4.32. The maximum absolute atomic E-state index is 5.48. The number of furan rings is 1. The topological polar surface area (TPSA) is 103 Å². The summed E-state index contributed by atoms with van der Waals surface area (Å²) in [6.45, 7) is 1.90. The van der Waals surface area contributed by atoms with Crippen LogP contribution < -0.4 is 4.74 Å². The van der Waals surface area contributed by atoms with Crippen molar-refractivity contribution in [1.29, 1.82) is 0 Å². The van der Waals surface area contributed by atoms with Crippen LogP contribution in [-0.2, 0) is 5.75 Å². The van der Waals surface area contributed by atoms with Crippen molar-refractivity contribution in [3.05, 3.63) is 59.6 Å². The summed E-state index contributed by atoms with van der Waals surface area (Å²) in [7, 11) is 1.62. The number of aromatic amines is 1. The molecular formula is C19H17N5O3S. The lowest BCUT2D eigenvalue weighted by molar-refractivity contribution is 0.391. The molecule has 9 heteroatoms. The standard InChI is InChI=1S/C19H17N5O3S/c1-12-6-7-14(26-12)8-9-16-20-19(23-22-16)28-11-17-21-18(24-27-17)13-4-3-5-15(10-13)25-2/h3-10H,11H2,1-2H3,(H,20,22,23)/b9-8+. The Morgan fingerprint density at radius 1 is 1.18 bits per heavy atom. The van der Waals surface area contributed by atoms with Gasteiger partial charge in [0.2, 0.25) is 16.9 Å². The molecule has 1 aromatic carbocycles. The third-order valence-corrected chi connectivity index (χ3v) is 4.60. The quantitative estimate of drug-likeness (QED) is 0.464. The molecule has 0 aliphatic rings. The number of thioether (sulfide) groups is 1. The summed E-state index contributed by atoms with van der Waals surface area (Å²) in [5.41, 5.74) is 0.831. The number of rotatable bonds is 7. The average Bonchev–Trinajstić information content (AvgIpc) is 3.46. The number of benzene rings is 1. The molecule has 142 valence electrons. The largest absolute Gasteiger partial charge is 0.497 e. The van der Waals surface area contributed by atoms with Gasteiger partial charge in [0.05, 0.1) is 12.9 Å². The fraction of sp³-hybridized carbons (Fsp3) is 0.158. The number of aromatic nitrogens is 5. The fourth-order valence-corrected chi connectivity index (χ4v) is 3.06. The number of hydrogen-bond acceptors (Lipinski definition) is 8. The average molecular weight is 395 g/mol. The Labute approximate surface area is 165 Å². The van der Waals surface area contributed by atoms with E-state index in [4.69, 9.17) is 13.7 Å². The first-order valence-electron chi connectivity index (χ1n) is 8.46. The first-order valence-corrected chi connectivity index (χ1v) is 9.45. The van der Waals surface area contributed by atoms with E-state index >= 15 is 0 Å². The molecule has 3 aromatic heterocycles. The van der Waals surface area contributed by atoms with Crippen molar-refractivity contribution < 1.29 is 13.7 Å². The van der Waals surface area contributed by atoms with Gasteiger partial charge in [-0.05, 0) is 43.3 Å².